The first-order valence-corrected chi connectivity index (χ1v) is 9.73. The zero-order valence-electron chi connectivity index (χ0n) is 16.4. The van der Waals surface area contributed by atoms with Crippen molar-refractivity contribution in [2.75, 3.05) is 20.7 Å². The number of hydrogen-bond acceptors (Lipinski definition) is 4. The van der Waals surface area contributed by atoms with Crippen LogP contribution in [0.5, 0.6) is 5.75 Å². The fraction of sp³-hybridized carbons (Fsp3) is 0.304. The molecule has 28 heavy (non-hydrogen) atoms. The Morgan fingerprint density at radius 2 is 1.89 bits per heavy atom. The first-order chi connectivity index (χ1) is 13.7. The summed E-state index contributed by atoms with van der Waals surface area (Å²) in [5, 5.41) is 12.0. The van der Waals surface area contributed by atoms with E-state index in [0.29, 0.717) is 11.7 Å². The third-order valence-corrected chi connectivity index (χ3v) is 5.46. The summed E-state index contributed by atoms with van der Waals surface area (Å²) >= 11 is 0. The molecule has 0 radical (unpaired) electrons. The lowest BCUT2D eigenvalue weighted by Crippen LogP contribution is -2.98. The Bertz CT molecular complexity index is 918. The summed E-state index contributed by atoms with van der Waals surface area (Å²) in [6.07, 6.45) is 2.32. The number of rotatable bonds is 6. The summed E-state index contributed by atoms with van der Waals surface area (Å²) in [4.78, 5) is 2.46. The van der Waals surface area contributed by atoms with Crippen LogP contribution in [-0.2, 0) is 6.54 Å². The minimum atomic E-state index is 0.0488. The fourth-order valence-electron chi connectivity index (χ4n) is 4.03. The number of furan rings is 1. The molecule has 0 aliphatic carbocycles. The van der Waals surface area contributed by atoms with Crippen LogP contribution in [0, 0.1) is 5.21 Å². The van der Waals surface area contributed by atoms with E-state index in [1.165, 1.54) is 12.0 Å². The molecule has 2 aromatic carbocycles. The second kappa shape index (κ2) is 8.19. The van der Waals surface area contributed by atoms with Crippen LogP contribution < -0.4 is 9.80 Å². The van der Waals surface area contributed by atoms with Crippen LogP contribution in [0.1, 0.15) is 30.2 Å². The van der Waals surface area contributed by atoms with Crippen molar-refractivity contribution in [1.29, 1.82) is 0 Å². The van der Waals surface area contributed by atoms with E-state index in [9.17, 15) is 5.21 Å². The molecule has 1 fully saturated rings. The summed E-state index contributed by atoms with van der Waals surface area (Å²) in [7, 11) is 3.28. The van der Waals surface area contributed by atoms with Crippen LogP contribution in [0.2, 0.25) is 0 Å². The number of nitrogens with one attached hydrogen (secondary N) is 1. The molecular weight excluding hydrogens is 352 g/mol. The Morgan fingerprint density at radius 1 is 1.11 bits per heavy atom. The minimum Gasteiger partial charge on any atom is -0.629 e. The van der Waals surface area contributed by atoms with Crippen molar-refractivity contribution in [3.8, 4) is 17.1 Å². The van der Waals surface area contributed by atoms with Crippen molar-refractivity contribution in [1.82, 2.24) is 4.90 Å². The first kappa shape index (κ1) is 18.7. The Balaban J connectivity index is 1.52. The highest BCUT2D eigenvalue weighted by Crippen LogP contribution is 2.35. The largest absolute Gasteiger partial charge is 0.629 e. The van der Waals surface area contributed by atoms with Crippen LogP contribution in [0.4, 0.5) is 5.69 Å². The molecule has 146 valence electrons. The summed E-state index contributed by atoms with van der Waals surface area (Å²) in [6, 6.07) is 20.3. The first-order valence-electron chi connectivity index (χ1n) is 9.73. The molecule has 1 saturated heterocycles. The second-order valence-corrected chi connectivity index (χ2v) is 7.27. The van der Waals surface area contributed by atoms with Crippen molar-refractivity contribution in [3.63, 3.8) is 0 Å². The van der Waals surface area contributed by atoms with Gasteiger partial charge in [-0.1, -0.05) is 24.3 Å². The van der Waals surface area contributed by atoms with E-state index in [2.05, 4.69) is 17.0 Å². The van der Waals surface area contributed by atoms with Crippen molar-refractivity contribution in [3.05, 3.63) is 77.2 Å². The van der Waals surface area contributed by atoms with Gasteiger partial charge in [-0.05, 0) is 55.3 Å². The lowest BCUT2D eigenvalue weighted by Gasteiger charge is -2.24. The van der Waals surface area contributed by atoms with Crippen molar-refractivity contribution >= 4 is 5.69 Å². The van der Waals surface area contributed by atoms with E-state index >= 15 is 0 Å². The molecule has 5 nitrogen and oxygen atoms in total. The predicted octanol–water partition coefficient (Wildman–Crippen LogP) is 3.94. The lowest BCUT2D eigenvalue weighted by molar-refractivity contribution is -0.751. The third-order valence-electron chi connectivity index (χ3n) is 5.46. The number of quaternary nitrogens is 1. The summed E-state index contributed by atoms with van der Waals surface area (Å²) in [5.74, 6) is 2.56. The fourth-order valence-corrected chi connectivity index (χ4v) is 4.03. The standard InChI is InChI=1S/C23H26N2O3/c1-24(26)22-7-4-3-6-20(22)23-14-13-19(28-23)16-25-15-5-8-21(25)17-9-11-18(27-2)12-10-17/h3-4,6-7,9-14,21,24H,5,8,15-16H2,1-2H3. The van der Waals surface area contributed by atoms with Crippen molar-refractivity contribution in [2.24, 2.45) is 0 Å². The number of nitrogens with zero attached hydrogens (tertiary/aromatic N) is 1. The molecule has 0 saturated carbocycles. The molecule has 1 aliphatic rings. The van der Waals surface area contributed by atoms with Gasteiger partial charge in [-0.25, -0.2) is 0 Å². The molecule has 2 heterocycles. The highest BCUT2D eigenvalue weighted by molar-refractivity contribution is 5.69. The minimum absolute atomic E-state index is 0.0488. The maximum atomic E-state index is 11.9. The van der Waals surface area contributed by atoms with Gasteiger partial charge >= 0.3 is 0 Å². The van der Waals surface area contributed by atoms with Gasteiger partial charge in [0.2, 0.25) is 0 Å². The zero-order chi connectivity index (χ0) is 19.5. The van der Waals surface area contributed by atoms with Gasteiger partial charge in [-0.2, -0.15) is 0 Å². The number of hydrogen-bond donors (Lipinski definition) is 1. The maximum Gasteiger partial charge on any atom is 0.142 e. The van der Waals surface area contributed by atoms with E-state index in [-0.39, 0.29) is 5.06 Å². The lowest BCUT2D eigenvalue weighted by atomic mass is 10.0. The van der Waals surface area contributed by atoms with Gasteiger partial charge in [0.25, 0.3) is 0 Å². The molecule has 1 aliphatic heterocycles. The molecule has 5 heteroatoms. The summed E-state index contributed by atoms with van der Waals surface area (Å²) < 4.78 is 11.4. The summed E-state index contributed by atoms with van der Waals surface area (Å²) in [5.41, 5.74) is 2.86. The van der Waals surface area contributed by atoms with Gasteiger partial charge in [0.15, 0.2) is 0 Å². The quantitative estimate of drug-likeness (QED) is 0.660. The van der Waals surface area contributed by atoms with Crippen LogP contribution in [-0.4, -0.2) is 25.6 Å². The zero-order valence-corrected chi connectivity index (χ0v) is 16.4. The van der Waals surface area contributed by atoms with E-state index in [0.717, 1.165) is 42.3 Å². The molecule has 2 unspecified atom stereocenters. The molecular formula is C23H26N2O3. The van der Waals surface area contributed by atoms with E-state index in [1.807, 2.05) is 48.5 Å². The molecule has 2 atom stereocenters. The Morgan fingerprint density at radius 3 is 2.64 bits per heavy atom. The number of hydroxylamine groups is 1. The number of ether oxygens (including phenoxy) is 1. The van der Waals surface area contributed by atoms with Crippen LogP contribution in [0.25, 0.3) is 11.3 Å². The highest BCUT2D eigenvalue weighted by Gasteiger charge is 2.27. The topological polar surface area (TPSA) is 53.1 Å². The molecule has 0 spiro atoms. The molecule has 3 aromatic rings. The molecule has 0 bridgehead atoms. The van der Waals surface area contributed by atoms with E-state index in [1.54, 1.807) is 14.2 Å². The van der Waals surface area contributed by atoms with Crippen molar-refractivity contribution < 1.29 is 14.2 Å². The predicted molar refractivity (Wildman–Crippen MR) is 109 cm³/mol. The second-order valence-electron chi connectivity index (χ2n) is 7.27. The average molecular weight is 378 g/mol. The van der Waals surface area contributed by atoms with Gasteiger partial charge < -0.3 is 19.4 Å². The molecule has 4 rings (SSSR count). The van der Waals surface area contributed by atoms with Crippen LogP contribution >= 0.6 is 0 Å². The smallest absolute Gasteiger partial charge is 0.142 e. The molecule has 0 amide bonds. The maximum absolute atomic E-state index is 11.9. The molecule has 1 N–H and O–H groups in total. The Hall–Kier alpha value is -2.60. The van der Waals surface area contributed by atoms with E-state index in [4.69, 9.17) is 9.15 Å². The van der Waals surface area contributed by atoms with Gasteiger partial charge in [0, 0.05) is 12.1 Å². The Kier molecular flexibility index (Phi) is 5.48. The van der Waals surface area contributed by atoms with Crippen LogP contribution in [0.3, 0.4) is 0 Å². The number of methoxy groups -OCH3 is 1. The Labute approximate surface area is 165 Å². The summed E-state index contributed by atoms with van der Waals surface area (Å²) in [6.45, 7) is 1.82. The normalized spacial score (nSPS) is 18.3. The van der Waals surface area contributed by atoms with Gasteiger partial charge in [0.05, 0.1) is 26.3 Å². The number of likely N-dealkylation sites (tertiary alicyclic amines) is 1. The highest BCUT2D eigenvalue weighted by atomic mass is 16.5. The number of benzene rings is 2. The molecule has 1 aromatic heterocycles. The van der Waals surface area contributed by atoms with Crippen LogP contribution in [0.15, 0.2) is 65.1 Å². The van der Waals surface area contributed by atoms with Gasteiger partial charge in [0.1, 0.15) is 23.0 Å². The number of para-hydroxylation sites is 1. The van der Waals surface area contributed by atoms with E-state index < -0.39 is 0 Å². The van der Waals surface area contributed by atoms with Gasteiger partial charge in [-0.3, -0.25) is 4.90 Å². The third kappa shape index (κ3) is 3.83. The SMILES string of the molecule is COc1ccc(C2CCCN2Cc2ccc(-c3ccccc3[NH+](C)[O-])o2)cc1. The average Bonchev–Trinajstić information content (AvgIpc) is 3.38. The monoisotopic (exact) mass is 378 g/mol. The van der Waals surface area contributed by atoms with Gasteiger partial charge in [-0.15, -0.1) is 0 Å². The van der Waals surface area contributed by atoms with Crippen molar-refractivity contribution in [2.45, 2.75) is 25.4 Å².